The fraction of sp³-hybridized carbons (Fsp3) is 0. The maximum Gasteiger partial charge on any atom is 0.379 e. The van der Waals surface area contributed by atoms with E-state index in [9.17, 15) is 4.79 Å². The molecule has 2 heterocycles. The average molecular weight is 424 g/mol. The summed E-state index contributed by atoms with van der Waals surface area (Å²) >= 11 is 7.37. The van der Waals surface area contributed by atoms with Crippen molar-refractivity contribution in [3.63, 3.8) is 0 Å². The first kappa shape index (κ1) is 18.9. The monoisotopic (exact) mass is 423 g/mol. The number of thiazole rings is 1. The lowest BCUT2D eigenvalue weighted by Crippen LogP contribution is -2.07. The van der Waals surface area contributed by atoms with Crippen molar-refractivity contribution in [1.82, 2.24) is 4.98 Å². The van der Waals surface area contributed by atoms with Crippen LogP contribution in [0.5, 0.6) is 5.75 Å². The van der Waals surface area contributed by atoms with E-state index in [-0.39, 0.29) is 5.76 Å². The molecule has 0 bridgehead atoms. The number of halogens is 1. The second-order valence-electron chi connectivity index (χ2n) is 5.85. The van der Waals surface area contributed by atoms with Gasteiger partial charge in [-0.15, -0.1) is 11.3 Å². The van der Waals surface area contributed by atoms with Crippen LogP contribution in [0.4, 0.5) is 5.13 Å². The van der Waals surface area contributed by atoms with Gasteiger partial charge in [-0.2, -0.15) is 5.10 Å². The molecule has 0 aliphatic heterocycles. The Kier molecular flexibility index (Phi) is 5.69. The number of aromatic nitrogens is 1. The van der Waals surface area contributed by atoms with Crippen LogP contribution in [-0.4, -0.2) is 17.2 Å². The Morgan fingerprint density at radius 3 is 2.66 bits per heavy atom. The van der Waals surface area contributed by atoms with Crippen LogP contribution in [-0.2, 0) is 0 Å². The molecule has 144 valence electrons. The standard InChI is InChI=1S/C21H14ClN3O3S/c22-16-7-5-15(6-8-16)18-13-29-21(24-18)25-23-12-14-3-9-17(10-4-14)28-20(26)19-2-1-11-27-19/h1-13H,(H,24,25)/b23-12+. The molecule has 0 fully saturated rings. The predicted octanol–water partition coefficient (Wildman–Crippen LogP) is 5.72. The number of nitrogens with zero attached hydrogens (tertiary/aromatic N) is 2. The number of anilines is 1. The van der Waals surface area contributed by atoms with Gasteiger partial charge in [0.15, 0.2) is 0 Å². The third-order valence-electron chi connectivity index (χ3n) is 3.83. The minimum atomic E-state index is -0.543. The van der Waals surface area contributed by atoms with Gasteiger partial charge >= 0.3 is 5.97 Å². The van der Waals surface area contributed by atoms with Gasteiger partial charge in [0, 0.05) is 16.0 Å². The molecule has 0 spiro atoms. The largest absolute Gasteiger partial charge is 0.457 e. The van der Waals surface area contributed by atoms with Gasteiger partial charge in [0.2, 0.25) is 10.9 Å². The summed E-state index contributed by atoms with van der Waals surface area (Å²) in [6, 6.07) is 17.6. The Morgan fingerprint density at radius 1 is 1.14 bits per heavy atom. The van der Waals surface area contributed by atoms with Gasteiger partial charge in [-0.1, -0.05) is 23.7 Å². The molecule has 0 saturated heterocycles. The van der Waals surface area contributed by atoms with E-state index in [4.69, 9.17) is 20.8 Å². The SMILES string of the molecule is O=C(Oc1ccc(/C=N/Nc2nc(-c3ccc(Cl)cc3)cs2)cc1)c1ccco1. The number of carbonyl (C=O) groups is 1. The maximum atomic E-state index is 11.8. The molecular weight excluding hydrogens is 410 g/mol. The molecule has 0 saturated carbocycles. The number of nitrogens with one attached hydrogen (secondary N) is 1. The van der Waals surface area contributed by atoms with Crippen molar-refractivity contribution in [1.29, 1.82) is 0 Å². The van der Waals surface area contributed by atoms with Gasteiger partial charge in [0.25, 0.3) is 0 Å². The van der Waals surface area contributed by atoms with Crippen LogP contribution in [0.3, 0.4) is 0 Å². The van der Waals surface area contributed by atoms with E-state index < -0.39 is 5.97 Å². The van der Waals surface area contributed by atoms with Crippen molar-refractivity contribution in [2.24, 2.45) is 5.10 Å². The Bertz CT molecular complexity index is 1120. The highest BCUT2D eigenvalue weighted by atomic mass is 35.5. The van der Waals surface area contributed by atoms with E-state index >= 15 is 0 Å². The maximum absolute atomic E-state index is 11.8. The average Bonchev–Trinajstić information content (AvgIpc) is 3.42. The summed E-state index contributed by atoms with van der Waals surface area (Å²) in [5, 5.41) is 7.51. The number of hydrogen-bond donors (Lipinski definition) is 1. The van der Waals surface area contributed by atoms with Crippen molar-refractivity contribution in [3.05, 3.63) is 88.7 Å². The molecule has 6 nitrogen and oxygen atoms in total. The normalized spacial score (nSPS) is 10.9. The van der Waals surface area contributed by atoms with Crippen molar-refractivity contribution < 1.29 is 13.9 Å². The van der Waals surface area contributed by atoms with Gasteiger partial charge < -0.3 is 9.15 Å². The zero-order valence-electron chi connectivity index (χ0n) is 14.9. The predicted molar refractivity (Wildman–Crippen MR) is 114 cm³/mol. The number of rotatable bonds is 6. The highest BCUT2D eigenvalue weighted by Gasteiger charge is 2.11. The number of esters is 1. The molecule has 0 unspecified atom stereocenters. The molecule has 0 aliphatic rings. The lowest BCUT2D eigenvalue weighted by molar-refractivity contribution is 0.0701. The molecule has 29 heavy (non-hydrogen) atoms. The summed E-state index contributed by atoms with van der Waals surface area (Å²) in [5.74, 6) is 0.0311. The summed E-state index contributed by atoms with van der Waals surface area (Å²) in [6.45, 7) is 0. The molecular formula is C21H14ClN3O3S. The number of carbonyl (C=O) groups excluding carboxylic acids is 1. The van der Waals surface area contributed by atoms with E-state index in [1.165, 1.54) is 17.6 Å². The Balaban J connectivity index is 1.34. The van der Waals surface area contributed by atoms with Crippen molar-refractivity contribution >= 4 is 40.3 Å². The van der Waals surface area contributed by atoms with E-state index in [1.54, 1.807) is 42.6 Å². The summed E-state index contributed by atoms with van der Waals surface area (Å²) < 4.78 is 10.2. The summed E-state index contributed by atoms with van der Waals surface area (Å²) in [5.41, 5.74) is 5.59. The minimum absolute atomic E-state index is 0.154. The van der Waals surface area contributed by atoms with Crippen LogP contribution >= 0.6 is 22.9 Å². The molecule has 0 amide bonds. The van der Waals surface area contributed by atoms with Gasteiger partial charge in [-0.25, -0.2) is 9.78 Å². The van der Waals surface area contributed by atoms with Crippen LogP contribution in [0.25, 0.3) is 11.3 Å². The lowest BCUT2D eigenvalue weighted by Gasteiger charge is -2.02. The zero-order chi connectivity index (χ0) is 20.1. The van der Waals surface area contributed by atoms with Gasteiger partial charge in [0.1, 0.15) is 5.75 Å². The Hall–Kier alpha value is -3.42. The summed E-state index contributed by atoms with van der Waals surface area (Å²) in [7, 11) is 0. The minimum Gasteiger partial charge on any atom is -0.457 e. The van der Waals surface area contributed by atoms with Crippen LogP contribution in [0.2, 0.25) is 5.02 Å². The first-order chi connectivity index (χ1) is 14.2. The smallest absolute Gasteiger partial charge is 0.379 e. The quantitative estimate of drug-likeness (QED) is 0.186. The van der Waals surface area contributed by atoms with Gasteiger partial charge in [-0.05, 0) is 54.1 Å². The first-order valence-corrected chi connectivity index (χ1v) is 9.79. The lowest BCUT2D eigenvalue weighted by atomic mass is 10.2. The third-order valence-corrected chi connectivity index (χ3v) is 4.83. The number of ether oxygens (including phenoxy) is 1. The molecule has 0 radical (unpaired) electrons. The topological polar surface area (TPSA) is 76.7 Å². The number of hydrazone groups is 1. The van der Waals surface area contributed by atoms with E-state index in [1.807, 2.05) is 29.6 Å². The summed E-state index contributed by atoms with van der Waals surface area (Å²) in [4.78, 5) is 16.3. The van der Waals surface area contributed by atoms with Crippen LogP contribution in [0.15, 0.2) is 81.8 Å². The van der Waals surface area contributed by atoms with Crippen LogP contribution in [0, 0.1) is 0 Å². The van der Waals surface area contributed by atoms with Gasteiger partial charge in [-0.3, -0.25) is 5.43 Å². The Morgan fingerprint density at radius 2 is 1.93 bits per heavy atom. The van der Waals surface area contributed by atoms with E-state index in [0.29, 0.717) is 15.9 Å². The molecule has 2 aromatic carbocycles. The fourth-order valence-corrected chi connectivity index (χ4v) is 3.21. The Labute approximate surface area is 175 Å². The first-order valence-electron chi connectivity index (χ1n) is 8.54. The van der Waals surface area contributed by atoms with Crippen molar-refractivity contribution in [2.45, 2.75) is 0 Å². The molecule has 0 aliphatic carbocycles. The van der Waals surface area contributed by atoms with E-state index in [2.05, 4.69) is 15.5 Å². The molecule has 8 heteroatoms. The zero-order valence-corrected chi connectivity index (χ0v) is 16.5. The number of benzene rings is 2. The molecule has 2 aromatic heterocycles. The van der Waals surface area contributed by atoms with Crippen molar-refractivity contribution in [3.8, 4) is 17.0 Å². The summed E-state index contributed by atoms with van der Waals surface area (Å²) in [6.07, 6.45) is 3.07. The third kappa shape index (κ3) is 4.90. The van der Waals surface area contributed by atoms with Gasteiger partial charge in [0.05, 0.1) is 18.2 Å². The highest BCUT2D eigenvalue weighted by molar-refractivity contribution is 7.14. The van der Waals surface area contributed by atoms with Crippen LogP contribution < -0.4 is 10.2 Å². The number of furan rings is 1. The molecule has 4 rings (SSSR count). The van der Waals surface area contributed by atoms with Crippen LogP contribution in [0.1, 0.15) is 16.1 Å². The number of hydrogen-bond acceptors (Lipinski definition) is 7. The molecule has 0 atom stereocenters. The van der Waals surface area contributed by atoms with Crippen molar-refractivity contribution in [2.75, 3.05) is 5.43 Å². The molecule has 4 aromatic rings. The highest BCUT2D eigenvalue weighted by Crippen LogP contribution is 2.26. The van der Waals surface area contributed by atoms with E-state index in [0.717, 1.165) is 16.8 Å². The second kappa shape index (κ2) is 8.72. The second-order valence-corrected chi connectivity index (χ2v) is 7.15. The molecule has 1 N–H and O–H groups in total. The fourth-order valence-electron chi connectivity index (χ4n) is 2.41.